The second-order valence-electron chi connectivity index (χ2n) is 7.53. The van der Waals surface area contributed by atoms with Gasteiger partial charge in [-0.15, -0.1) is 10.2 Å². The lowest BCUT2D eigenvalue weighted by Crippen LogP contribution is -2.32. The summed E-state index contributed by atoms with van der Waals surface area (Å²) in [4.78, 5) is 8.59. The number of halogens is 1. The molecule has 2 N–H and O–H groups in total. The minimum atomic E-state index is -0.386. The van der Waals surface area contributed by atoms with Crippen LogP contribution in [0.2, 0.25) is 5.02 Å². The Morgan fingerprint density at radius 3 is 2.54 bits per heavy atom. The molecule has 2 aromatic heterocycles. The third-order valence-electron chi connectivity index (χ3n) is 5.36. The first kappa shape index (κ1) is 26.8. The Labute approximate surface area is 214 Å². The van der Waals surface area contributed by atoms with Gasteiger partial charge in [-0.1, -0.05) is 18.2 Å². The van der Waals surface area contributed by atoms with E-state index in [0.29, 0.717) is 39.8 Å². The summed E-state index contributed by atoms with van der Waals surface area (Å²) in [5, 5.41) is 11.2. The molecule has 13 heteroatoms. The van der Waals surface area contributed by atoms with Gasteiger partial charge < -0.3 is 19.2 Å². The molecule has 0 saturated heterocycles. The van der Waals surface area contributed by atoms with E-state index in [2.05, 4.69) is 43.8 Å². The first-order valence-electron chi connectivity index (χ1n) is 10.9. The molecule has 0 aromatic carbocycles. The maximum Gasteiger partial charge on any atom is 0.239 e. The van der Waals surface area contributed by atoms with Crippen LogP contribution in [-0.4, -0.2) is 62.9 Å². The van der Waals surface area contributed by atoms with Crippen LogP contribution < -0.4 is 10.1 Å². The monoisotopic (exact) mass is 522 g/mol. The van der Waals surface area contributed by atoms with Gasteiger partial charge in [0.15, 0.2) is 11.6 Å². The summed E-state index contributed by atoms with van der Waals surface area (Å²) in [7, 11) is 4.76. The van der Waals surface area contributed by atoms with E-state index >= 15 is 0 Å². The van der Waals surface area contributed by atoms with Crippen LogP contribution >= 0.6 is 23.5 Å². The van der Waals surface area contributed by atoms with Crippen molar-refractivity contribution in [2.75, 3.05) is 32.6 Å². The topological polar surface area (TPSA) is 111 Å². The fraction of sp³-hybridized carbons (Fsp3) is 0.455. The van der Waals surface area contributed by atoms with Crippen LogP contribution in [0.1, 0.15) is 44.6 Å². The van der Waals surface area contributed by atoms with Crippen molar-refractivity contribution in [2.45, 2.75) is 38.2 Å². The zero-order valence-corrected chi connectivity index (χ0v) is 22.2. The van der Waals surface area contributed by atoms with Gasteiger partial charge in [-0.05, 0) is 38.8 Å². The zero-order valence-electron chi connectivity index (χ0n) is 20.6. The largest absolute Gasteiger partial charge is 0.499 e. The summed E-state index contributed by atoms with van der Waals surface area (Å²) >= 11 is 7.33. The molecule has 11 nitrogen and oxygen atoms in total. The van der Waals surface area contributed by atoms with Gasteiger partial charge in [-0.25, -0.2) is 15.4 Å². The molecule has 3 heterocycles. The molecule has 190 valence electrons. The SMILES string of the molecule is C=C(OC)/C(=C(\C)OC)n1c(NSC(C)C(OC)c2ncc(Cl)cn2)nnc1C1C=CN(CC)N1. The van der Waals surface area contributed by atoms with Crippen molar-refractivity contribution >= 4 is 35.2 Å². The number of aromatic nitrogens is 5. The van der Waals surface area contributed by atoms with Crippen LogP contribution in [0, 0.1) is 0 Å². The van der Waals surface area contributed by atoms with Gasteiger partial charge in [0.2, 0.25) is 5.95 Å². The molecule has 3 unspecified atom stereocenters. The summed E-state index contributed by atoms with van der Waals surface area (Å²) in [5.41, 5.74) is 3.98. The van der Waals surface area contributed by atoms with Crippen molar-refractivity contribution < 1.29 is 14.2 Å². The molecule has 3 atom stereocenters. The Morgan fingerprint density at radius 2 is 1.97 bits per heavy atom. The smallest absolute Gasteiger partial charge is 0.239 e. The number of ether oxygens (including phenoxy) is 3. The van der Waals surface area contributed by atoms with Gasteiger partial charge in [0.25, 0.3) is 0 Å². The first-order valence-corrected chi connectivity index (χ1v) is 12.2. The van der Waals surface area contributed by atoms with Crippen LogP contribution in [0.15, 0.2) is 42.8 Å². The summed E-state index contributed by atoms with van der Waals surface area (Å²) in [6.07, 6.45) is 6.69. The molecular weight excluding hydrogens is 492 g/mol. The summed E-state index contributed by atoms with van der Waals surface area (Å²) < 4.78 is 21.9. The minimum Gasteiger partial charge on any atom is -0.499 e. The predicted octanol–water partition coefficient (Wildman–Crippen LogP) is 3.95. The highest BCUT2D eigenvalue weighted by Gasteiger charge is 2.29. The molecule has 0 spiro atoms. The molecule has 0 saturated carbocycles. The van der Waals surface area contributed by atoms with Crippen LogP contribution in [0.3, 0.4) is 0 Å². The third-order valence-corrected chi connectivity index (χ3v) is 6.47. The van der Waals surface area contributed by atoms with Crippen molar-refractivity contribution in [2.24, 2.45) is 0 Å². The Bertz CT molecular complexity index is 1080. The van der Waals surface area contributed by atoms with Gasteiger partial charge in [-0.3, -0.25) is 9.29 Å². The lowest BCUT2D eigenvalue weighted by molar-refractivity contribution is 0.0972. The maximum atomic E-state index is 5.93. The quantitative estimate of drug-likeness (QED) is 0.240. The number of nitrogens with one attached hydrogen (secondary N) is 2. The number of methoxy groups -OCH3 is 3. The zero-order chi connectivity index (χ0) is 25.5. The summed E-state index contributed by atoms with van der Waals surface area (Å²) in [5.74, 6) is 2.65. The van der Waals surface area contributed by atoms with Crippen LogP contribution in [0.25, 0.3) is 5.70 Å². The molecule has 1 aliphatic rings. The highest BCUT2D eigenvalue weighted by Crippen LogP contribution is 2.33. The van der Waals surface area contributed by atoms with Crippen molar-refractivity contribution in [1.29, 1.82) is 0 Å². The van der Waals surface area contributed by atoms with E-state index in [1.165, 1.54) is 11.9 Å². The molecule has 1 aliphatic heterocycles. The molecule has 0 bridgehead atoms. The van der Waals surface area contributed by atoms with Crippen LogP contribution in [-0.2, 0) is 14.2 Å². The molecule has 35 heavy (non-hydrogen) atoms. The Hall–Kier alpha value is -2.80. The van der Waals surface area contributed by atoms with Crippen molar-refractivity contribution in [3.63, 3.8) is 0 Å². The highest BCUT2D eigenvalue weighted by atomic mass is 35.5. The Morgan fingerprint density at radius 1 is 1.26 bits per heavy atom. The van der Waals surface area contributed by atoms with Crippen molar-refractivity contribution in [3.8, 4) is 0 Å². The van der Waals surface area contributed by atoms with E-state index in [1.54, 1.807) is 33.7 Å². The molecule has 3 rings (SSSR count). The van der Waals surface area contributed by atoms with Crippen LogP contribution in [0.4, 0.5) is 5.95 Å². The lowest BCUT2D eigenvalue weighted by Gasteiger charge is -2.23. The minimum absolute atomic E-state index is 0.101. The first-order chi connectivity index (χ1) is 16.8. The molecule has 0 radical (unpaired) electrons. The number of anilines is 1. The maximum absolute atomic E-state index is 5.93. The highest BCUT2D eigenvalue weighted by molar-refractivity contribution is 8.01. The molecular formula is C22H31ClN8O3S. The van der Waals surface area contributed by atoms with E-state index in [1.807, 2.05) is 35.7 Å². The fourth-order valence-corrected chi connectivity index (χ4v) is 4.31. The molecule has 2 aromatic rings. The summed E-state index contributed by atoms with van der Waals surface area (Å²) in [6.45, 7) is 10.7. The van der Waals surface area contributed by atoms with Gasteiger partial charge in [-0.2, -0.15) is 0 Å². The average Bonchev–Trinajstić information content (AvgIpc) is 3.51. The molecule has 0 fully saturated rings. The van der Waals surface area contributed by atoms with Crippen LogP contribution in [0.5, 0.6) is 0 Å². The number of hydrogen-bond acceptors (Lipinski definition) is 11. The van der Waals surface area contributed by atoms with E-state index in [0.717, 1.165) is 6.54 Å². The van der Waals surface area contributed by atoms with Gasteiger partial charge in [0.05, 0.1) is 24.5 Å². The predicted molar refractivity (Wildman–Crippen MR) is 137 cm³/mol. The van der Waals surface area contributed by atoms with Gasteiger partial charge in [0, 0.05) is 32.2 Å². The van der Waals surface area contributed by atoms with E-state index < -0.39 is 0 Å². The van der Waals surface area contributed by atoms with Crippen molar-refractivity contribution in [1.82, 2.24) is 35.2 Å². The fourth-order valence-electron chi connectivity index (χ4n) is 3.43. The molecule has 0 amide bonds. The number of allylic oxidation sites excluding steroid dienone is 2. The molecule has 0 aliphatic carbocycles. The normalized spacial score (nSPS) is 17.7. The number of hydrogen-bond donors (Lipinski definition) is 2. The second-order valence-corrected chi connectivity index (χ2v) is 9.15. The second kappa shape index (κ2) is 12.2. The van der Waals surface area contributed by atoms with Crippen molar-refractivity contribution in [3.05, 3.63) is 59.4 Å². The standard InChI is InChI=1S/C22H31ClN8O3S/c1-8-30-10-9-17(28-30)21-26-27-22(31(21)18(13(2)32-5)14(3)33-6)29-35-15(4)19(34-7)20-24-11-16(23)12-25-20/h9-12,15,17,19,28H,2,8H2,1,3-7H3,(H,27,29)/b18-14-. The number of hydrazine groups is 1. The Balaban J connectivity index is 1.93. The van der Waals surface area contributed by atoms with E-state index in [-0.39, 0.29) is 17.4 Å². The van der Waals surface area contributed by atoms with Gasteiger partial charge >= 0.3 is 0 Å². The van der Waals surface area contributed by atoms with E-state index in [9.17, 15) is 0 Å². The lowest BCUT2D eigenvalue weighted by atomic mass is 10.2. The Kier molecular flexibility index (Phi) is 9.38. The van der Waals surface area contributed by atoms with E-state index in [4.69, 9.17) is 25.8 Å². The van der Waals surface area contributed by atoms with Gasteiger partial charge in [0.1, 0.15) is 29.4 Å². The third kappa shape index (κ3) is 6.07. The number of rotatable bonds is 12. The summed E-state index contributed by atoms with van der Waals surface area (Å²) in [6, 6.07) is -0.209. The average molecular weight is 523 g/mol. The number of nitrogens with zero attached hydrogens (tertiary/aromatic N) is 6.